The van der Waals surface area contributed by atoms with E-state index >= 15 is 0 Å². The van der Waals surface area contributed by atoms with Crippen LogP contribution in [0, 0.1) is 11.3 Å². The Morgan fingerprint density at radius 1 is 1.18 bits per heavy atom. The maximum absolute atomic E-state index is 12.9. The Balaban J connectivity index is 0.00000272. The molecule has 0 spiro atoms. The maximum Gasteiger partial charge on any atom is 0.406 e. The summed E-state index contributed by atoms with van der Waals surface area (Å²) in [7, 11) is 0. The third-order valence-electron chi connectivity index (χ3n) is 5.46. The molecule has 180 valence electrons. The number of carbonyl (C=O) groups is 1. The fourth-order valence-corrected chi connectivity index (χ4v) is 3.92. The quantitative estimate of drug-likeness (QED) is 0.524. The Kier molecular flexibility index (Phi) is 10.9. The molecule has 1 unspecified atom stereocenters. The topological polar surface area (TPSA) is 60.2 Å². The first-order chi connectivity index (χ1) is 14.8. The van der Waals surface area contributed by atoms with Gasteiger partial charge in [0.05, 0.1) is 18.2 Å². The summed E-state index contributed by atoms with van der Waals surface area (Å²) in [6.45, 7) is 0.789. The highest BCUT2D eigenvalue weighted by Crippen LogP contribution is 2.30. The van der Waals surface area contributed by atoms with Crippen molar-refractivity contribution in [3.63, 3.8) is 0 Å². The molecule has 1 saturated heterocycles. The van der Waals surface area contributed by atoms with Gasteiger partial charge in [0.25, 0.3) is 0 Å². The smallest absolute Gasteiger partial charge is 0.357 e. The molecule has 0 bridgehead atoms. The Morgan fingerprint density at radius 3 is 2.48 bits per heavy atom. The molecule has 10 heteroatoms. The number of carbonyl (C=O) groups excluding carboxylic acids is 1. The highest BCUT2D eigenvalue weighted by atomic mass is 35.5. The number of pyridine rings is 1. The van der Waals surface area contributed by atoms with Gasteiger partial charge in [0.2, 0.25) is 5.91 Å². The summed E-state index contributed by atoms with van der Waals surface area (Å²) in [5, 5.41) is 8.98. The number of piperazine rings is 1. The number of amides is 1. The van der Waals surface area contributed by atoms with Crippen LogP contribution in [0.4, 0.5) is 18.9 Å². The Labute approximate surface area is 204 Å². The van der Waals surface area contributed by atoms with Crippen LogP contribution in [0.15, 0.2) is 42.7 Å². The lowest BCUT2D eigenvalue weighted by Gasteiger charge is -2.43. The van der Waals surface area contributed by atoms with Crippen LogP contribution < -0.4 is 4.90 Å². The van der Waals surface area contributed by atoms with Gasteiger partial charge in [-0.25, -0.2) is 0 Å². The molecule has 0 saturated carbocycles. The number of aromatic nitrogens is 1. The molecule has 1 fully saturated rings. The minimum atomic E-state index is -4.41. The maximum atomic E-state index is 12.9. The highest BCUT2D eigenvalue weighted by Gasteiger charge is 2.39. The molecule has 5 nitrogen and oxygen atoms in total. The number of unbranched alkanes of at least 4 members (excludes halogenated alkanes) is 1. The zero-order chi connectivity index (χ0) is 22.4. The first-order valence-electron chi connectivity index (χ1n) is 10.3. The Hall–Kier alpha value is -2.50. The van der Waals surface area contributed by atoms with Crippen LogP contribution in [0.2, 0.25) is 0 Å². The summed E-state index contributed by atoms with van der Waals surface area (Å²) in [4.78, 5) is 19.6. The van der Waals surface area contributed by atoms with Crippen molar-refractivity contribution in [2.75, 3.05) is 24.5 Å². The summed E-state index contributed by atoms with van der Waals surface area (Å²) < 4.78 is 38.8. The predicted molar refractivity (Wildman–Crippen MR) is 126 cm³/mol. The Morgan fingerprint density at radius 2 is 1.88 bits per heavy atom. The van der Waals surface area contributed by atoms with Gasteiger partial charge in [0.1, 0.15) is 6.54 Å². The summed E-state index contributed by atoms with van der Waals surface area (Å²) in [6, 6.07) is 11.0. The monoisotopic (exact) mass is 502 g/mol. The number of nitriles is 1. The summed E-state index contributed by atoms with van der Waals surface area (Å²) >= 11 is 0. The van der Waals surface area contributed by atoms with Crippen molar-refractivity contribution in [3.8, 4) is 6.07 Å². The van der Waals surface area contributed by atoms with Crippen molar-refractivity contribution in [1.82, 2.24) is 9.88 Å². The van der Waals surface area contributed by atoms with Crippen LogP contribution in [0.1, 0.15) is 42.9 Å². The fraction of sp³-hybridized carbons (Fsp3) is 0.435. The predicted octanol–water partition coefficient (Wildman–Crippen LogP) is 5.16. The van der Waals surface area contributed by atoms with Gasteiger partial charge >= 0.3 is 6.18 Å². The number of nitrogens with zero attached hydrogens (tertiary/aromatic N) is 4. The van der Waals surface area contributed by atoms with Crippen LogP contribution >= 0.6 is 24.8 Å². The van der Waals surface area contributed by atoms with Crippen molar-refractivity contribution in [1.29, 1.82) is 5.26 Å². The van der Waals surface area contributed by atoms with Gasteiger partial charge in [-0.1, -0.05) is 31.9 Å². The molecule has 0 N–H and O–H groups in total. The van der Waals surface area contributed by atoms with Gasteiger partial charge in [-0.15, -0.1) is 24.8 Å². The van der Waals surface area contributed by atoms with Gasteiger partial charge in [-0.2, -0.15) is 18.4 Å². The zero-order valence-electron chi connectivity index (χ0n) is 18.2. The average molecular weight is 503 g/mol. The van der Waals surface area contributed by atoms with E-state index in [1.165, 1.54) is 0 Å². The van der Waals surface area contributed by atoms with Crippen LogP contribution in [0.25, 0.3) is 0 Å². The number of anilines is 1. The van der Waals surface area contributed by atoms with Gasteiger partial charge in [0.15, 0.2) is 0 Å². The number of rotatable bonds is 7. The highest BCUT2D eigenvalue weighted by molar-refractivity contribution is 5.85. The average Bonchev–Trinajstić information content (AvgIpc) is 2.74. The lowest BCUT2D eigenvalue weighted by molar-refractivity contribution is -0.162. The van der Waals surface area contributed by atoms with E-state index in [0.29, 0.717) is 18.4 Å². The molecule has 1 aromatic carbocycles. The lowest BCUT2D eigenvalue weighted by atomic mass is 9.99. The second kappa shape index (κ2) is 12.7. The molecule has 1 aliphatic rings. The lowest BCUT2D eigenvalue weighted by Crippen LogP contribution is -2.58. The van der Waals surface area contributed by atoms with Gasteiger partial charge in [-0.05, 0) is 35.7 Å². The van der Waals surface area contributed by atoms with Crippen molar-refractivity contribution in [2.24, 2.45) is 0 Å². The largest absolute Gasteiger partial charge is 0.406 e. The molecule has 2 aromatic rings. The summed E-state index contributed by atoms with van der Waals surface area (Å²) in [6.07, 6.45) is 2.00. The van der Waals surface area contributed by atoms with Crippen molar-refractivity contribution in [3.05, 3.63) is 59.4 Å². The van der Waals surface area contributed by atoms with Crippen molar-refractivity contribution >= 4 is 36.4 Å². The molecule has 1 atom stereocenters. The third kappa shape index (κ3) is 7.79. The van der Waals surface area contributed by atoms with Gasteiger partial charge in [0, 0.05) is 37.1 Å². The fourth-order valence-electron chi connectivity index (χ4n) is 3.92. The molecule has 33 heavy (non-hydrogen) atoms. The SMILES string of the molecule is CCCCC1CN(CC(F)(F)F)C(=O)CN1c1ccncc1Cc1ccc(C#N)cc1.Cl.Cl. The third-order valence-corrected chi connectivity index (χ3v) is 5.46. The summed E-state index contributed by atoms with van der Waals surface area (Å²) in [5.41, 5.74) is 3.27. The molecule has 0 aliphatic carbocycles. The molecular weight excluding hydrogens is 476 g/mol. The van der Waals surface area contributed by atoms with E-state index in [4.69, 9.17) is 5.26 Å². The van der Waals surface area contributed by atoms with E-state index < -0.39 is 18.6 Å². The van der Waals surface area contributed by atoms with Crippen LogP contribution in [0.3, 0.4) is 0 Å². The van der Waals surface area contributed by atoms with E-state index in [-0.39, 0.29) is 43.9 Å². The molecule has 1 aromatic heterocycles. The molecule has 0 radical (unpaired) electrons. The first-order valence-corrected chi connectivity index (χ1v) is 10.3. The van der Waals surface area contributed by atoms with E-state index in [9.17, 15) is 18.0 Å². The van der Waals surface area contributed by atoms with Gasteiger partial charge in [-0.3, -0.25) is 9.78 Å². The van der Waals surface area contributed by atoms with E-state index in [1.54, 1.807) is 24.5 Å². The van der Waals surface area contributed by atoms with Gasteiger partial charge < -0.3 is 9.80 Å². The second-order valence-electron chi connectivity index (χ2n) is 7.80. The van der Waals surface area contributed by atoms with E-state index in [2.05, 4.69) is 11.1 Å². The molecule has 3 rings (SSSR count). The van der Waals surface area contributed by atoms with E-state index in [0.717, 1.165) is 34.6 Å². The molecular formula is C23H27Cl2F3N4O. The first kappa shape index (κ1) is 28.5. The number of hydrogen-bond acceptors (Lipinski definition) is 4. The number of halogens is 5. The van der Waals surface area contributed by atoms with Crippen LogP contribution in [-0.4, -0.2) is 47.6 Å². The molecule has 1 amide bonds. The van der Waals surface area contributed by atoms with E-state index in [1.807, 2.05) is 30.0 Å². The van der Waals surface area contributed by atoms with Crippen LogP contribution in [0.5, 0.6) is 0 Å². The normalized spacial score (nSPS) is 16.0. The number of alkyl halides is 3. The second-order valence-corrected chi connectivity index (χ2v) is 7.80. The standard InChI is InChI=1S/C23H25F3N4O.2ClH/c1-2-3-4-20-14-29(16-23(24,25)26)22(31)15-30(20)21-9-10-28-13-19(21)11-17-5-7-18(12-27)8-6-17;;/h5-10,13,20H,2-4,11,14-16H2,1H3;2*1H. The van der Waals surface area contributed by atoms with Crippen molar-refractivity contribution in [2.45, 2.75) is 44.8 Å². The number of benzene rings is 1. The van der Waals surface area contributed by atoms with Crippen molar-refractivity contribution < 1.29 is 18.0 Å². The zero-order valence-corrected chi connectivity index (χ0v) is 19.8. The molecule has 1 aliphatic heterocycles. The minimum Gasteiger partial charge on any atom is -0.357 e. The molecule has 2 heterocycles. The van der Waals surface area contributed by atoms with Crippen LogP contribution in [-0.2, 0) is 11.2 Å². The minimum absolute atomic E-state index is 0. The summed E-state index contributed by atoms with van der Waals surface area (Å²) in [5.74, 6) is -0.522. The number of hydrogen-bond donors (Lipinski definition) is 0. The Bertz CT molecular complexity index is 948.